The van der Waals surface area contributed by atoms with Gasteiger partial charge in [0, 0.05) is 23.9 Å². The molecule has 0 aliphatic carbocycles. The van der Waals surface area contributed by atoms with Crippen molar-refractivity contribution in [3.63, 3.8) is 0 Å². The molecule has 0 aliphatic heterocycles. The molecule has 0 aliphatic rings. The van der Waals surface area contributed by atoms with E-state index in [1.165, 1.54) is 18.3 Å². The second-order valence-electron chi connectivity index (χ2n) is 6.39. The molecule has 0 amide bonds. The summed E-state index contributed by atoms with van der Waals surface area (Å²) < 4.78 is 24.5. The smallest absolute Gasteiger partial charge is 0.438 e. The summed E-state index contributed by atoms with van der Waals surface area (Å²) in [5.74, 6) is -0.725. The lowest BCUT2D eigenvalue weighted by Gasteiger charge is -2.26. The van der Waals surface area contributed by atoms with E-state index in [1.54, 1.807) is 44.0 Å². The van der Waals surface area contributed by atoms with Crippen LogP contribution in [-0.4, -0.2) is 51.6 Å². The van der Waals surface area contributed by atoms with E-state index in [2.05, 4.69) is 4.74 Å². The molecule has 1 aromatic carbocycles. The van der Waals surface area contributed by atoms with Crippen LogP contribution in [0.2, 0.25) is 5.02 Å². The normalized spacial score (nSPS) is 12.3. The van der Waals surface area contributed by atoms with E-state index >= 15 is 0 Å². The monoisotopic (exact) mass is 485 g/mol. The average molecular weight is 486 g/mol. The number of nitrogens with zero attached hydrogens (tertiary/aromatic N) is 1. The van der Waals surface area contributed by atoms with E-state index in [1.807, 2.05) is 12.1 Å². The highest BCUT2D eigenvalue weighted by Crippen LogP contribution is 2.38. The molecular weight excluding hydrogens is 462 g/mol. The van der Waals surface area contributed by atoms with Crippen LogP contribution in [0, 0.1) is 0 Å². The van der Waals surface area contributed by atoms with Crippen LogP contribution in [0.3, 0.4) is 0 Å². The van der Waals surface area contributed by atoms with Gasteiger partial charge in [0.15, 0.2) is 6.23 Å². The summed E-state index contributed by atoms with van der Waals surface area (Å²) in [6.07, 6.45) is -3.74. The molecule has 0 saturated carbocycles. The van der Waals surface area contributed by atoms with Crippen LogP contribution < -0.4 is 4.90 Å². The molecule has 2 rings (SSSR count). The Labute approximate surface area is 194 Å². The Hall–Kier alpha value is -2.98. The van der Waals surface area contributed by atoms with Crippen molar-refractivity contribution < 1.29 is 38.1 Å². The van der Waals surface area contributed by atoms with Gasteiger partial charge in [-0.2, -0.15) is 0 Å². The maximum atomic E-state index is 12.9. The maximum Gasteiger partial charge on any atom is 0.511 e. The number of halogens is 1. The number of hydrogen-bond donors (Lipinski definition) is 0. The molecule has 0 saturated heterocycles. The van der Waals surface area contributed by atoms with Crippen molar-refractivity contribution in [3.05, 3.63) is 40.2 Å². The van der Waals surface area contributed by atoms with Crippen LogP contribution in [0.1, 0.15) is 30.4 Å². The van der Waals surface area contributed by atoms with Gasteiger partial charge < -0.3 is 28.6 Å². The zero-order chi connectivity index (χ0) is 23.8. The van der Waals surface area contributed by atoms with Gasteiger partial charge in [-0.15, -0.1) is 11.3 Å². The number of methoxy groups -OCH3 is 1. The molecule has 32 heavy (non-hydrogen) atoms. The van der Waals surface area contributed by atoms with E-state index in [4.69, 9.17) is 30.5 Å². The maximum absolute atomic E-state index is 12.9. The highest BCUT2D eigenvalue weighted by molar-refractivity contribution is 7.18. The summed E-state index contributed by atoms with van der Waals surface area (Å²) in [4.78, 5) is 38.4. The molecule has 0 N–H and O–H groups in total. The number of carbonyl (C=O) groups is 3. The topological polar surface area (TPSA) is 101 Å². The first-order valence-electron chi connectivity index (χ1n) is 9.57. The van der Waals surface area contributed by atoms with Gasteiger partial charge in [-0.3, -0.25) is 0 Å². The summed E-state index contributed by atoms with van der Waals surface area (Å²) in [6, 6.07) is 8.86. The lowest BCUT2D eigenvalue weighted by molar-refractivity contribution is -0.0778. The summed E-state index contributed by atoms with van der Waals surface area (Å²) in [5.41, 5.74) is 1.28. The first-order valence-corrected chi connectivity index (χ1v) is 10.8. The molecule has 2 atom stereocenters. The Morgan fingerprint density at radius 3 is 2.31 bits per heavy atom. The third kappa shape index (κ3) is 6.76. The van der Waals surface area contributed by atoms with Crippen molar-refractivity contribution in [2.24, 2.45) is 0 Å². The van der Waals surface area contributed by atoms with Crippen molar-refractivity contribution >= 4 is 46.9 Å². The second-order valence-corrected chi connectivity index (χ2v) is 7.88. The standard InChI is InChI=1S/C21H24ClNO8S/c1-6-28-21(26)29-12(2)23(4)16-11-17(14-7-9-15(22)10-8-14)32-18(16)19(24)30-13(3)31-20(25)27-5/h7-13H,6H2,1-5H3. The number of hydrogen-bond acceptors (Lipinski definition) is 10. The largest absolute Gasteiger partial charge is 0.511 e. The van der Waals surface area contributed by atoms with Gasteiger partial charge in [0.1, 0.15) is 4.88 Å². The summed E-state index contributed by atoms with van der Waals surface area (Å²) in [6.45, 7) is 4.86. The zero-order valence-corrected chi connectivity index (χ0v) is 19.8. The van der Waals surface area contributed by atoms with E-state index < -0.39 is 30.8 Å². The Kier molecular flexibility index (Phi) is 9.15. The lowest BCUT2D eigenvalue weighted by atomic mass is 10.2. The van der Waals surface area contributed by atoms with E-state index in [0.717, 1.165) is 17.6 Å². The van der Waals surface area contributed by atoms with Crippen molar-refractivity contribution in [2.75, 3.05) is 25.7 Å². The SMILES string of the molecule is CCOC(=O)OC(C)N(C)c1cc(-c2ccc(Cl)cc2)sc1C(=O)OC(C)OC(=O)OC. The van der Waals surface area contributed by atoms with Crippen molar-refractivity contribution in [1.82, 2.24) is 0 Å². The summed E-state index contributed by atoms with van der Waals surface area (Å²) in [5, 5.41) is 0.576. The van der Waals surface area contributed by atoms with Crippen LogP contribution in [0.5, 0.6) is 0 Å². The molecule has 1 heterocycles. The Bertz CT molecular complexity index is 946. The van der Waals surface area contributed by atoms with Gasteiger partial charge in [0.05, 0.1) is 19.4 Å². The van der Waals surface area contributed by atoms with E-state index in [9.17, 15) is 14.4 Å². The molecule has 0 radical (unpaired) electrons. The minimum absolute atomic E-state index is 0.171. The number of carbonyl (C=O) groups excluding carboxylic acids is 3. The van der Waals surface area contributed by atoms with Crippen LogP contribution in [0.4, 0.5) is 15.3 Å². The summed E-state index contributed by atoms with van der Waals surface area (Å²) >= 11 is 7.14. The Morgan fingerprint density at radius 1 is 1.06 bits per heavy atom. The molecule has 11 heteroatoms. The first kappa shape index (κ1) is 25.3. The van der Waals surface area contributed by atoms with Gasteiger partial charge in [-0.1, -0.05) is 23.7 Å². The number of esters is 1. The van der Waals surface area contributed by atoms with Gasteiger partial charge in [-0.05, 0) is 37.6 Å². The fourth-order valence-electron chi connectivity index (χ4n) is 2.52. The highest BCUT2D eigenvalue weighted by Gasteiger charge is 2.27. The van der Waals surface area contributed by atoms with Crippen LogP contribution in [0.25, 0.3) is 10.4 Å². The Morgan fingerprint density at radius 2 is 1.72 bits per heavy atom. The molecule has 2 unspecified atom stereocenters. The minimum Gasteiger partial charge on any atom is -0.438 e. The van der Waals surface area contributed by atoms with E-state index in [0.29, 0.717) is 10.7 Å². The van der Waals surface area contributed by atoms with Crippen molar-refractivity contribution in [1.29, 1.82) is 0 Å². The molecule has 2 aromatic rings. The molecule has 0 fully saturated rings. The first-order chi connectivity index (χ1) is 15.2. The molecule has 9 nitrogen and oxygen atoms in total. The fourth-order valence-corrected chi connectivity index (χ4v) is 3.73. The Balaban J connectivity index is 2.34. The predicted molar refractivity (Wildman–Crippen MR) is 119 cm³/mol. The molecular formula is C21H24ClNO8S. The minimum atomic E-state index is -1.18. The third-order valence-corrected chi connectivity index (χ3v) is 5.59. The predicted octanol–water partition coefficient (Wildman–Crippen LogP) is 5.31. The third-order valence-electron chi connectivity index (χ3n) is 4.18. The number of benzene rings is 1. The number of thiophene rings is 1. The van der Waals surface area contributed by atoms with Crippen molar-refractivity contribution in [2.45, 2.75) is 33.3 Å². The van der Waals surface area contributed by atoms with Gasteiger partial charge in [0.25, 0.3) is 0 Å². The molecule has 174 valence electrons. The van der Waals surface area contributed by atoms with Crippen LogP contribution >= 0.6 is 22.9 Å². The molecule has 0 spiro atoms. The van der Waals surface area contributed by atoms with Crippen LogP contribution in [-0.2, 0) is 23.7 Å². The number of ether oxygens (including phenoxy) is 5. The van der Waals surface area contributed by atoms with Crippen LogP contribution in [0.15, 0.2) is 30.3 Å². The molecule has 0 bridgehead atoms. The van der Waals surface area contributed by atoms with Gasteiger partial charge in [0.2, 0.25) is 6.29 Å². The van der Waals surface area contributed by atoms with Gasteiger partial charge in [-0.25, -0.2) is 14.4 Å². The lowest BCUT2D eigenvalue weighted by Crippen LogP contribution is -2.34. The number of rotatable bonds is 8. The quantitative estimate of drug-likeness (QED) is 0.279. The zero-order valence-electron chi connectivity index (χ0n) is 18.2. The fraction of sp³-hybridized carbons (Fsp3) is 0.381. The van der Waals surface area contributed by atoms with Gasteiger partial charge >= 0.3 is 18.3 Å². The van der Waals surface area contributed by atoms with E-state index in [-0.39, 0.29) is 11.5 Å². The second kappa shape index (κ2) is 11.6. The molecule has 1 aromatic heterocycles. The number of anilines is 1. The highest BCUT2D eigenvalue weighted by atomic mass is 35.5. The van der Waals surface area contributed by atoms with Crippen molar-refractivity contribution in [3.8, 4) is 10.4 Å². The summed E-state index contributed by atoms with van der Waals surface area (Å²) in [7, 11) is 2.80. The average Bonchev–Trinajstić information content (AvgIpc) is 3.19.